The molecule has 4 rings (SSSR count). The van der Waals surface area contributed by atoms with Gasteiger partial charge in [0.05, 0.1) is 0 Å². The van der Waals surface area contributed by atoms with E-state index in [2.05, 4.69) is 20.6 Å². The van der Waals surface area contributed by atoms with Gasteiger partial charge in [0.1, 0.15) is 5.69 Å². The Morgan fingerprint density at radius 2 is 1.81 bits per heavy atom. The largest absolute Gasteiger partial charge is 0.454 e. The minimum atomic E-state index is -0.288. The number of aryl methyl sites for hydroxylation is 2. The van der Waals surface area contributed by atoms with E-state index in [-0.39, 0.29) is 18.4 Å². The van der Waals surface area contributed by atoms with Crippen molar-refractivity contribution >= 4 is 23.2 Å². The topological polar surface area (TPSA) is 85.4 Å². The summed E-state index contributed by atoms with van der Waals surface area (Å²) in [6.45, 7) is 3.97. The maximum absolute atomic E-state index is 12.6. The summed E-state index contributed by atoms with van der Waals surface area (Å²) in [5, 5.41) is 5.99. The molecule has 0 unspecified atom stereocenters. The van der Waals surface area contributed by atoms with Crippen molar-refractivity contribution in [3.63, 3.8) is 0 Å². The average Bonchev–Trinajstić information content (AvgIpc) is 3.11. The number of carbonyl (C=O) groups excluding carboxylic acids is 1. The fraction of sp³-hybridized carbons (Fsp3) is 0.150. The highest BCUT2D eigenvalue weighted by atomic mass is 16.7. The van der Waals surface area contributed by atoms with Gasteiger partial charge >= 0.3 is 0 Å². The Balaban J connectivity index is 1.56. The molecule has 1 aliphatic heterocycles. The van der Waals surface area contributed by atoms with E-state index in [9.17, 15) is 4.79 Å². The second kappa shape index (κ2) is 6.95. The maximum atomic E-state index is 12.6. The third-order valence-corrected chi connectivity index (χ3v) is 4.11. The van der Waals surface area contributed by atoms with E-state index < -0.39 is 0 Å². The van der Waals surface area contributed by atoms with Gasteiger partial charge in [0, 0.05) is 23.1 Å². The van der Waals surface area contributed by atoms with Gasteiger partial charge in [0.15, 0.2) is 11.5 Å². The number of anilines is 3. The Labute approximate surface area is 156 Å². The minimum absolute atomic E-state index is 0.211. The van der Waals surface area contributed by atoms with Gasteiger partial charge < -0.3 is 20.1 Å². The van der Waals surface area contributed by atoms with Crippen LogP contribution in [0.2, 0.25) is 0 Å². The van der Waals surface area contributed by atoms with Crippen molar-refractivity contribution in [2.75, 3.05) is 17.4 Å². The van der Waals surface area contributed by atoms with Crippen LogP contribution in [0.3, 0.4) is 0 Å². The normalized spacial score (nSPS) is 11.9. The smallest absolute Gasteiger partial charge is 0.274 e. The summed E-state index contributed by atoms with van der Waals surface area (Å²) < 4.78 is 10.7. The van der Waals surface area contributed by atoms with Crippen LogP contribution in [0, 0.1) is 13.8 Å². The molecule has 7 heteroatoms. The number of nitrogens with zero attached hydrogens (tertiary/aromatic N) is 2. The van der Waals surface area contributed by atoms with Crippen molar-refractivity contribution in [3.8, 4) is 11.5 Å². The second-order valence-corrected chi connectivity index (χ2v) is 6.18. The molecule has 7 nitrogen and oxygen atoms in total. The van der Waals surface area contributed by atoms with Crippen molar-refractivity contribution in [1.82, 2.24) is 9.97 Å². The minimum Gasteiger partial charge on any atom is -0.454 e. The zero-order valence-corrected chi connectivity index (χ0v) is 14.9. The number of para-hydroxylation sites is 1. The number of carbonyl (C=O) groups is 1. The van der Waals surface area contributed by atoms with Gasteiger partial charge in [-0.3, -0.25) is 4.79 Å². The summed E-state index contributed by atoms with van der Waals surface area (Å²) in [5.74, 6) is 1.40. The highest BCUT2D eigenvalue weighted by molar-refractivity contribution is 6.03. The van der Waals surface area contributed by atoms with Crippen LogP contribution >= 0.6 is 0 Å². The van der Waals surface area contributed by atoms with E-state index in [4.69, 9.17) is 9.47 Å². The number of ether oxygens (including phenoxy) is 2. The monoisotopic (exact) mass is 362 g/mol. The fourth-order valence-electron chi connectivity index (χ4n) is 2.74. The molecule has 1 aliphatic rings. The first kappa shape index (κ1) is 16.8. The van der Waals surface area contributed by atoms with Crippen molar-refractivity contribution in [3.05, 3.63) is 65.5 Å². The van der Waals surface area contributed by atoms with Crippen LogP contribution in [0.25, 0.3) is 0 Å². The van der Waals surface area contributed by atoms with Crippen molar-refractivity contribution in [2.24, 2.45) is 0 Å². The third-order valence-electron chi connectivity index (χ3n) is 4.11. The molecule has 1 aromatic heterocycles. The predicted octanol–water partition coefficient (Wildman–Crippen LogP) is 3.82. The van der Waals surface area contributed by atoms with Crippen LogP contribution in [0.15, 0.2) is 48.5 Å². The Kier molecular flexibility index (Phi) is 4.33. The molecule has 1 amide bonds. The molecular formula is C20H18N4O3. The summed E-state index contributed by atoms with van der Waals surface area (Å²) in [5.41, 5.74) is 3.45. The number of nitrogens with one attached hydrogen (secondary N) is 2. The third kappa shape index (κ3) is 3.67. The predicted molar refractivity (Wildman–Crippen MR) is 102 cm³/mol. The van der Waals surface area contributed by atoms with E-state index in [1.165, 1.54) is 0 Å². The number of aromatic nitrogens is 2. The van der Waals surface area contributed by atoms with Gasteiger partial charge in [-0.2, -0.15) is 0 Å². The average molecular weight is 362 g/mol. The molecule has 2 heterocycles. The summed E-state index contributed by atoms with van der Waals surface area (Å²) in [4.78, 5) is 21.3. The van der Waals surface area contributed by atoms with E-state index in [0.717, 1.165) is 16.9 Å². The van der Waals surface area contributed by atoms with Gasteiger partial charge in [-0.05, 0) is 43.7 Å². The van der Waals surface area contributed by atoms with E-state index >= 15 is 0 Å². The van der Waals surface area contributed by atoms with Gasteiger partial charge in [0.25, 0.3) is 5.91 Å². The molecule has 27 heavy (non-hydrogen) atoms. The Morgan fingerprint density at radius 1 is 1.00 bits per heavy atom. The summed E-state index contributed by atoms with van der Waals surface area (Å²) in [6, 6.07) is 14.7. The zero-order valence-electron chi connectivity index (χ0n) is 14.9. The first-order chi connectivity index (χ1) is 13.1. The number of benzene rings is 2. The standard InChI is InChI=1S/C20H18N4O3/c1-12-5-3-4-6-15(12)23-19(25)16-9-13(2)21-20(24-16)22-14-7-8-17-18(10-14)27-11-26-17/h3-10H,11H2,1-2H3,(H,23,25)(H,21,22,24). The van der Waals surface area contributed by atoms with Crippen LogP contribution in [0.4, 0.5) is 17.3 Å². The molecule has 2 N–H and O–H groups in total. The maximum Gasteiger partial charge on any atom is 0.274 e. The quantitative estimate of drug-likeness (QED) is 0.734. The lowest BCUT2D eigenvalue weighted by atomic mass is 10.2. The molecule has 3 aromatic rings. The van der Waals surface area contributed by atoms with Crippen LogP contribution in [0.1, 0.15) is 21.7 Å². The number of hydrogen-bond donors (Lipinski definition) is 2. The molecule has 0 fully saturated rings. The molecule has 136 valence electrons. The van der Waals surface area contributed by atoms with E-state index in [1.807, 2.05) is 50.2 Å². The van der Waals surface area contributed by atoms with E-state index in [1.54, 1.807) is 12.1 Å². The first-order valence-electron chi connectivity index (χ1n) is 8.48. The fourth-order valence-corrected chi connectivity index (χ4v) is 2.74. The van der Waals surface area contributed by atoms with Crippen LogP contribution in [-0.4, -0.2) is 22.7 Å². The number of hydrogen-bond acceptors (Lipinski definition) is 6. The molecule has 0 aliphatic carbocycles. The van der Waals surface area contributed by atoms with Crippen molar-refractivity contribution < 1.29 is 14.3 Å². The van der Waals surface area contributed by atoms with Crippen LogP contribution < -0.4 is 20.1 Å². The SMILES string of the molecule is Cc1cc(C(=O)Nc2ccccc2C)nc(Nc2ccc3c(c2)OCO3)n1. The lowest BCUT2D eigenvalue weighted by Gasteiger charge is -2.10. The molecule has 0 saturated carbocycles. The highest BCUT2D eigenvalue weighted by Crippen LogP contribution is 2.34. The lowest BCUT2D eigenvalue weighted by molar-refractivity contribution is 0.102. The number of fused-ring (bicyclic) bond motifs is 1. The van der Waals surface area contributed by atoms with Gasteiger partial charge in [-0.1, -0.05) is 18.2 Å². The first-order valence-corrected chi connectivity index (χ1v) is 8.48. The summed E-state index contributed by atoms with van der Waals surface area (Å²) in [7, 11) is 0. The molecule has 0 atom stereocenters. The molecule has 0 bridgehead atoms. The second-order valence-electron chi connectivity index (χ2n) is 6.18. The van der Waals surface area contributed by atoms with Gasteiger partial charge in [0.2, 0.25) is 12.7 Å². The molecule has 2 aromatic carbocycles. The number of amides is 1. The summed E-state index contributed by atoms with van der Waals surface area (Å²) in [6.07, 6.45) is 0. The molecular weight excluding hydrogens is 344 g/mol. The Hall–Kier alpha value is -3.61. The molecule has 0 radical (unpaired) electrons. The van der Waals surface area contributed by atoms with Gasteiger partial charge in [-0.15, -0.1) is 0 Å². The lowest BCUT2D eigenvalue weighted by Crippen LogP contribution is -2.16. The van der Waals surface area contributed by atoms with Crippen molar-refractivity contribution in [1.29, 1.82) is 0 Å². The Bertz CT molecular complexity index is 1020. The van der Waals surface area contributed by atoms with Crippen molar-refractivity contribution in [2.45, 2.75) is 13.8 Å². The summed E-state index contributed by atoms with van der Waals surface area (Å²) >= 11 is 0. The van der Waals surface area contributed by atoms with Crippen LogP contribution in [0.5, 0.6) is 11.5 Å². The van der Waals surface area contributed by atoms with E-state index in [0.29, 0.717) is 23.1 Å². The van der Waals surface area contributed by atoms with Gasteiger partial charge in [-0.25, -0.2) is 9.97 Å². The molecule has 0 saturated heterocycles. The Morgan fingerprint density at radius 3 is 2.67 bits per heavy atom. The van der Waals surface area contributed by atoms with Crippen LogP contribution in [-0.2, 0) is 0 Å². The number of rotatable bonds is 4. The highest BCUT2D eigenvalue weighted by Gasteiger charge is 2.15. The molecule has 0 spiro atoms. The zero-order chi connectivity index (χ0) is 18.8.